The number of benzene rings is 2. The fourth-order valence-electron chi connectivity index (χ4n) is 3.04. The van der Waals surface area contributed by atoms with E-state index in [0.29, 0.717) is 39.5 Å². The molecule has 10 heteroatoms. The number of hydrogen-bond donors (Lipinski definition) is 2. The number of hydrogen-bond acceptors (Lipinski definition) is 6. The predicted octanol–water partition coefficient (Wildman–Crippen LogP) is 4.18. The Labute approximate surface area is 195 Å². The first-order valence-corrected chi connectivity index (χ1v) is 11.3. The molecule has 0 saturated carbocycles. The molecule has 0 radical (unpaired) electrons. The molecule has 0 bridgehead atoms. The van der Waals surface area contributed by atoms with Gasteiger partial charge in [0.1, 0.15) is 5.75 Å². The van der Waals surface area contributed by atoms with E-state index in [9.17, 15) is 9.59 Å². The molecule has 0 unspecified atom stereocenters. The minimum Gasteiger partial charge on any atom is -0.497 e. The maximum absolute atomic E-state index is 12.6. The Hall–Kier alpha value is -3.04. The molecule has 1 aromatic heterocycles. The van der Waals surface area contributed by atoms with Crippen molar-refractivity contribution in [3.05, 3.63) is 64.9 Å². The van der Waals surface area contributed by atoms with Gasteiger partial charge in [-0.15, -0.1) is 10.2 Å². The Morgan fingerprint density at radius 2 is 1.97 bits per heavy atom. The van der Waals surface area contributed by atoms with Crippen LogP contribution in [0.5, 0.6) is 5.75 Å². The second-order valence-electron chi connectivity index (χ2n) is 6.83. The van der Waals surface area contributed by atoms with E-state index in [2.05, 4.69) is 20.8 Å². The van der Waals surface area contributed by atoms with Gasteiger partial charge < -0.3 is 19.9 Å². The number of thioether (sulfide) groups is 1. The van der Waals surface area contributed by atoms with Crippen LogP contribution in [0.15, 0.2) is 53.7 Å². The molecule has 2 amide bonds. The van der Waals surface area contributed by atoms with Gasteiger partial charge in [0, 0.05) is 18.3 Å². The van der Waals surface area contributed by atoms with Gasteiger partial charge in [-0.25, -0.2) is 0 Å². The van der Waals surface area contributed by atoms with Gasteiger partial charge in [0.2, 0.25) is 5.91 Å². The summed E-state index contributed by atoms with van der Waals surface area (Å²) in [5.74, 6) is 0.966. The van der Waals surface area contributed by atoms with Crippen molar-refractivity contribution in [1.29, 1.82) is 0 Å². The highest BCUT2D eigenvalue weighted by atomic mass is 35.5. The van der Waals surface area contributed by atoms with Gasteiger partial charge in [-0.3, -0.25) is 9.59 Å². The monoisotopic (exact) mass is 473 g/mol. The van der Waals surface area contributed by atoms with E-state index < -0.39 is 6.04 Å². The second-order valence-corrected chi connectivity index (χ2v) is 8.18. The third kappa shape index (κ3) is 5.80. The summed E-state index contributed by atoms with van der Waals surface area (Å²) >= 11 is 7.39. The molecular formula is C22H24ClN5O3S. The molecule has 32 heavy (non-hydrogen) atoms. The molecule has 0 fully saturated rings. The van der Waals surface area contributed by atoms with Gasteiger partial charge in [0.05, 0.1) is 29.5 Å². The first-order chi connectivity index (χ1) is 15.4. The summed E-state index contributed by atoms with van der Waals surface area (Å²) in [6, 6.07) is 13.6. The highest BCUT2D eigenvalue weighted by molar-refractivity contribution is 7.99. The average molecular weight is 474 g/mol. The molecule has 0 aliphatic carbocycles. The molecule has 0 aliphatic heterocycles. The third-order valence-electron chi connectivity index (χ3n) is 4.60. The van der Waals surface area contributed by atoms with Crippen molar-refractivity contribution in [2.45, 2.75) is 31.6 Å². The molecule has 3 rings (SSSR count). The number of aromatic nitrogens is 3. The normalized spacial score (nSPS) is 11.6. The van der Waals surface area contributed by atoms with E-state index in [-0.39, 0.29) is 17.6 Å². The quantitative estimate of drug-likeness (QED) is 0.452. The van der Waals surface area contributed by atoms with E-state index in [0.717, 1.165) is 0 Å². The third-order valence-corrected chi connectivity index (χ3v) is 5.90. The topological polar surface area (TPSA) is 98.1 Å². The molecular weight excluding hydrogens is 450 g/mol. The number of rotatable bonds is 9. The average Bonchev–Trinajstić information content (AvgIpc) is 3.21. The van der Waals surface area contributed by atoms with Crippen LogP contribution in [0.1, 0.15) is 36.1 Å². The molecule has 0 saturated heterocycles. The molecule has 2 N–H and O–H groups in total. The van der Waals surface area contributed by atoms with Crippen molar-refractivity contribution in [3.8, 4) is 5.75 Å². The van der Waals surface area contributed by atoms with E-state index in [1.807, 2.05) is 18.4 Å². The van der Waals surface area contributed by atoms with Crippen molar-refractivity contribution in [2.24, 2.45) is 0 Å². The summed E-state index contributed by atoms with van der Waals surface area (Å²) in [6.45, 7) is 4.37. The van der Waals surface area contributed by atoms with Crippen molar-refractivity contribution in [3.63, 3.8) is 0 Å². The van der Waals surface area contributed by atoms with Crippen molar-refractivity contribution in [2.75, 3.05) is 18.2 Å². The van der Waals surface area contributed by atoms with Crippen LogP contribution in [0.2, 0.25) is 5.02 Å². The van der Waals surface area contributed by atoms with Crippen LogP contribution in [0.4, 0.5) is 5.69 Å². The van der Waals surface area contributed by atoms with Crippen LogP contribution in [0.25, 0.3) is 0 Å². The Morgan fingerprint density at radius 3 is 2.69 bits per heavy atom. The van der Waals surface area contributed by atoms with E-state index in [1.165, 1.54) is 11.8 Å². The van der Waals surface area contributed by atoms with Crippen LogP contribution < -0.4 is 15.4 Å². The summed E-state index contributed by atoms with van der Waals surface area (Å²) < 4.78 is 7.04. The van der Waals surface area contributed by atoms with Gasteiger partial charge in [0.15, 0.2) is 11.0 Å². The number of amides is 2. The number of ether oxygens (including phenoxy) is 1. The molecule has 3 aromatic rings. The van der Waals surface area contributed by atoms with Gasteiger partial charge in [-0.1, -0.05) is 41.6 Å². The van der Waals surface area contributed by atoms with Crippen molar-refractivity contribution >= 4 is 40.9 Å². The number of nitrogens with one attached hydrogen (secondary N) is 2. The van der Waals surface area contributed by atoms with Gasteiger partial charge in [0.25, 0.3) is 5.91 Å². The number of carbonyl (C=O) groups excluding carboxylic acids is 2. The van der Waals surface area contributed by atoms with E-state index in [4.69, 9.17) is 16.3 Å². The zero-order valence-corrected chi connectivity index (χ0v) is 19.5. The van der Waals surface area contributed by atoms with Crippen molar-refractivity contribution in [1.82, 2.24) is 20.1 Å². The largest absolute Gasteiger partial charge is 0.497 e. The maximum atomic E-state index is 12.6. The van der Waals surface area contributed by atoms with Crippen LogP contribution in [0.3, 0.4) is 0 Å². The first kappa shape index (κ1) is 23.6. The molecule has 1 atom stereocenters. The summed E-state index contributed by atoms with van der Waals surface area (Å²) in [5, 5.41) is 15.2. The summed E-state index contributed by atoms with van der Waals surface area (Å²) in [6.07, 6.45) is 0. The molecule has 168 valence electrons. The smallest absolute Gasteiger partial charge is 0.253 e. The number of methoxy groups -OCH3 is 1. The lowest BCUT2D eigenvalue weighted by Gasteiger charge is -2.15. The standard InChI is InChI=1S/C22H24ClN5O3S/c1-4-28-20(14(2)24-21(30)17-10-5-6-11-18(17)23)26-27-22(28)32-13-19(29)25-15-8-7-9-16(12-15)31-3/h5-12,14H,4,13H2,1-3H3,(H,24,30)(H,25,29)/t14-/m0/s1. The fraction of sp³-hybridized carbons (Fsp3) is 0.273. The van der Waals surface area contributed by atoms with E-state index in [1.54, 1.807) is 55.6 Å². The molecule has 8 nitrogen and oxygen atoms in total. The second kappa shape index (κ2) is 11.0. The fourth-order valence-corrected chi connectivity index (χ4v) is 4.07. The Kier molecular flexibility index (Phi) is 8.13. The van der Waals surface area contributed by atoms with Gasteiger partial charge in [-0.2, -0.15) is 0 Å². The minimum absolute atomic E-state index is 0.162. The summed E-state index contributed by atoms with van der Waals surface area (Å²) in [4.78, 5) is 24.9. The van der Waals surface area contributed by atoms with Gasteiger partial charge >= 0.3 is 0 Å². The lowest BCUT2D eigenvalue weighted by Crippen LogP contribution is -2.29. The number of halogens is 1. The number of carbonyl (C=O) groups is 2. The lowest BCUT2D eigenvalue weighted by atomic mass is 10.2. The van der Waals surface area contributed by atoms with Crippen LogP contribution >= 0.6 is 23.4 Å². The predicted molar refractivity (Wildman–Crippen MR) is 125 cm³/mol. The highest BCUT2D eigenvalue weighted by Gasteiger charge is 2.21. The van der Waals surface area contributed by atoms with Crippen LogP contribution in [-0.4, -0.2) is 39.4 Å². The molecule has 1 heterocycles. The lowest BCUT2D eigenvalue weighted by molar-refractivity contribution is -0.113. The van der Waals surface area contributed by atoms with Crippen LogP contribution in [-0.2, 0) is 11.3 Å². The Bertz CT molecular complexity index is 1100. The Balaban J connectivity index is 1.63. The molecule has 0 spiro atoms. The van der Waals surface area contributed by atoms with Crippen molar-refractivity contribution < 1.29 is 14.3 Å². The highest BCUT2D eigenvalue weighted by Crippen LogP contribution is 2.23. The SMILES string of the molecule is CCn1c(SCC(=O)Nc2cccc(OC)c2)nnc1[C@H](C)NC(=O)c1ccccc1Cl. The zero-order chi connectivity index (χ0) is 23.1. The minimum atomic E-state index is -0.397. The summed E-state index contributed by atoms with van der Waals surface area (Å²) in [7, 11) is 1.57. The summed E-state index contributed by atoms with van der Waals surface area (Å²) in [5.41, 5.74) is 1.05. The zero-order valence-electron chi connectivity index (χ0n) is 18.0. The first-order valence-electron chi connectivity index (χ1n) is 9.98. The van der Waals surface area contributed by atoms with Gasteiger partial charge in [-0.05, 0) is 38.1 Å². The number of nitrogens with zero attached hydrogens (tertiary/aromatic N) is 3. The molecule has 2 aromatic carbocycles. The maximum Gasteiger partial charge on any atom is 0.253 e. The van der Waals surface area contributed by atoms with E-state index >= 15 is 0 Å². The number of anilines is 1. The van der Waals surface area contributed by atoms with Crippen LogP contribution in [0, 0.1) is 0 Å². The molecule has 0 aliphatic rings. The Morgan fingerprint density at radius 1 is 1.19 bits per heavy atom.